The molecule has 0 saturated carbocycles. The largest absolute Gasteiger partial charge is 0.300 e. The van der Waals surface area contributed by atoms with Gasteiger partial charge in [0.1, 0.15) is 5.78 Å². The van der Waals surface area contributed by atoms with Gasteiger partial charge in [-0.15, -0.1) is 0 Å². The zero-order chi connectivity index (χ0) is 11.0. The van der Waals surface area contributed by atoms with Crippen molar-refractivity contribution >= 4 is 5.78 Å². The van der Waals surface area contributed by atoms with Crippen molar-refractivity contribution in [2.24, 2.45) is 0 Å². The van der Waals surface area contributed by atoms with Crippen molar-refractivity contribution in [3.63, 3.8) is 0 Å². The number of hydrogen-bond acceptors (Lipinski definition) is 1. The van der Waals surface area contributed by atoms with Crippen LogP contribution in [-0.4, -0.2) is 5.78 Å². The van der Waals surface area contributed by atoms with E-state index >= 15 is 0 Å². The molecule has 0 aliphatic carbocycles. The van der Waals surface area contributed by atoms with E-state index in [4.69, 9.17) is 0 Å². The minimum atomic E-state index is 0.234. The summed E-state index contributed by atoms with van der Waals surface area (Å²) in [5.41, 5.74) is 2.09. The smallest absolute Gasteiger partial charge is 0.130 e. The van der Waals surface area contributed by atoms with Gasteiger partial charge in [0.25, 0.3) is 0 Å². The Balaban J connectivity index is 3.99. The number of allylic oxidation sites excluding steroid dienone is 6. The molecule has 0 N–H and O–H groups in total. The number of Topliss-reactive ketones (excluding diaryl/α,β-unsaturated/α-hetero) is 1. The van der Waals surface area contributed by atoms with E-state index in [-0.39, 0.29) is 5.78 Å². The van der Waals surface area contributed by atoms with E-state index < -0.39 is 0 Å². The fourth-order valence-electron chi connectivity index (χ4n) is 0.861. The summed E-state index contributed by atoms with van der Waals surface area (Å²) in [6.45, 7) is 11.0. The van der Waals surface area contributed by atoms with Crippen LogP contribution in [0.2, 0.25) is 0 Å². The minimum absolute atomic E-state index is 0.234. The van der Waals surface area contributed by atoms with Crippen molar-refractivity contribution in [3.05, 3.63) is 48.6 Å². The molecule has 0 aromatic rings. The fraction of sp³-hybridized carbons (Fsp3) is 0.308. The third-order valence-electron chi connectivity index (χ3n) is 1.82. The first-order valence-corrected chi connectivity index (χ1v) is 4.71. The molecule has 76 valence electrons. The summed E-state index contributed by atoms with van der Waals surface area (Å²) in [6.07, 6.45) is 8.98. The summed E-state index contributed by atoms with van der Waals surface area (Å²) < 4.78 is 0. The van der Waals surface area contributed by atoms with Crippen molar-refractivity contribution in [3.8, 4) is 0 Å². The third kappa shape index (κ3) is 7.29. The minimum Gasteiger partial charge on any atom is -0.300 e. The van der Waals surface area contributed by atoms with Gasteiger partial charge in [0.15, 0.2) is 0 Å². The lowest BCUT2D eigenvalue weighted by atomic mass is 10.1. The molecule has 0 amide bonds. The molecule has 0 aliphatic rings. The Hall–Kier alpha value is -1.37. The lowest BCUT2D eigenvalue weighted by Crippen LogP contribution is -1.89. The first-order chi connectivity index (χ1) is 6.56. The number of carbonyl (C=O) groups excluding carboxylic acids is 1. The molecule has 0 unspecified atom stereocenters. The van der Waals surface area contributed by atoms with Gasteiger partial charge in [0, 0.05) is 6.42 Å². The summed E-state index contributed by atoms with van der Waals surface area (Å²) in [7, 11) is 0. The average Bonchev–Trinajstić information content (AvgIpc) is 2.14. The Morgan fingerprint density at radius 1 is 1.29 bits per heavy atom. The molecule has 1 heteroatoms. The van der Waals surface area contributed by atoms with Crippen LogP contribution in [0.15, 0.2) is 48.6 Å². The lowest BCUT2D eigenvalue weighted by Gasteiger charge is -1.95. The zero-order valence-electron chi connectivity index (χ0n) is 9.05. The second kappa shape index (κ2) is 7.07. The van der Waals surface area contributed by atoms with Gasteiger partial charge in [0.05, 0.1) is 0 Å². The lowest BCUT2D eigenvalue weighted by molar-refractivity contribution is -0.116. The molecule has 0 rings (SSSR count). The Morgan fingerprint density at radius 2 is 1.93 bits per heavy atom. The highest BCUT2D eigenvalue weighted by molar-refractivity contribution is 5.75. The van der Waals surface area contributed by atoms with Gasteiger partial charge in [-0.3, -0.25) is 0 Å². The van der Waals surface area contributed by atoms with Crippen LogP contribution in [0.4, 0.5) is 0 Å². The molecule has 0 atom stereocenters. The number of hydrogen-bond donors (Lipinski definition) is 0. The van der Waals surface area contributed by atoms with Crippen LogP contribution in [0.5, 0.6) is 0 Å². The monoisotopic (exact) mass is 190 g/mol. The van der Waals surface area contributed by atoms with Gasteiger partial charge in [-0.2, -0.15) is 0 Å². The molecular formula is C13H18O. The van der Waals surface area contributed by atoms with E-state index in [1.54, 1.807) is 13.0 Å². The fourth-order valence-corrected chi connectivity index (χ4v) is 0.861. The topological polar surface area (TPSA) is 17.1 Å². The van der Waals surface area contributed by atoms with E-state index in [0.29, 0.717) is 6.42 Å². The molecule has 0 aliphatic heterocycles. The maximum atomic E-state index is 10.7. The van der Waals surface area contributed by atoms with E-state index in [9.17, 15) is 4.79 Å². The van der Waals surface area contributed by atoms with Crippen molar-refractivity contribution < 1.29 is 4.79 Å². The van der Waals surface area contributed by atoms with Crippen LogP contribution in [0.25, 0.3) is 0 Å². The van der Waals surface area contributed by atoms with Gasteiger partial charge in [-0.05, 0) is 25.8 Å². The van der Waals surface area contributed by atoms with Gasteiger partial charge in [0.2, 0.25) is 0 Å². The molecule has 0 radical (unpaired) electrons. The predicted octanol–water partition coefficient (Wildman–Crippen LogP) is 3.60. The third-order valence-corrected chi connectivity index (χ3v) is 1.82. The van der Waals surface area contributed by atoms with Gasteiger partial charge in [-0.25, -0.2) is 0 Å². The zero-order valence-corrected chi connectivity index (χ0v) is 9.05. The molecule has 0 fully saturated rings. The summed E-state index contributed by atoms with van der Waals surface area (Å²) in [5, 5.41) is 0. The van der Waals surface area contributed by atoms with Crippen LogP contribution >= 0.6 is 0 Å². The van der Waals surface area contributed by atoms with Gasteiger partial charge < -0.3 is 4.79 Å². The quantitative estimate of drug-likeness (QED) is 0.585. The molecule has 0 spiro atoms. The first kappa shape index (κ1) is 12.6. The molecule has 0 aromatic carbocycles. The van der Waals surface area contributed by atoms with Crippen LogP contribution in [-0.2, 0) is 4.79 Å². The van der Waals surface area contributed by atoms with E-state index in [2.05, 4.69) is 13.2 Å². The highest BCUT2D eigenvalue weighted by Crippen LogP contribution is 2.05. The molecule has 14 heavy (non-hydrogen) atoms. The van der Waals surface area contributed by atoms with Crippen molar-refractivity contribution in [2.45, 2.75) is 26.7 Å². The van der Waals surface area contributed by atoms with Crippen molar-refractivity contribution in [1.29, 1.82) is 0 Å². The molecule has 0 aromatic heterocycles. The van der Waals surface area contributed by atoms with Crippen molar-refractivity contribution in [2.75, 3.05) is 0 Å². The Bertz CT molecular complexity index is 280. The highest BCUT2D eigenvalue weighted by Gasteiger charge is 1.93. The Kier molecular flexibility index (Phi) is 6.38. The number of rotatable bonds is 6. The second-order valence-corrected chi connectivity index (χ2v) is 3.35. The maximum absolute atomic E-state index is 10.7. The summed E-state index contributed by atoms with van der Waals surface area (Å²) in [6, 6.07) is 0. The molecule has 0 heterocycles. The number of carbonyl (C=O) groups is 1. The Labute approximate surface area is 86.5 Å². The highest BCUT2D eigenvalue weighted by atomic mass is 16.1. The van der Waals surface area contributed by atoms with Crippen LogP contribution in [0, 0.1) is 0 Å². The van der Waals surface area contributed by atoms with Gasteiger partial charge in [-0.1, -0.05) is 43.0 Å². The average molecular weight is 190 g/mol. The van der Waals surface area contributed by atoms with Gasteiger partial charge >= 0.3 is 0 Å². The normalized spacial score (nSPS) is 11.7. The summed E-state index contributed by atoms with van der Waals surface area (Å²) in [5.74, 6) is 0.234. The van der Waals surface area contributed by atoms with E-state index in [0.717, 1.165) is 12.0 Å². The van der Waals surface area contributed by atoms with Crippen LogP contribution < -0.4 is 0 Å². The first-order valence-electron chi connectivity index (χ1n) is 4.71. The van der Waals surface area contributed by atoms with Crippen LogP contribution in [0.1, 0.15) is 26.7 Å². The second-order valence-electron chi connectivity index (χ2n) is 3.35. The standard InChI is InChI=1S/C13H18O/c1-5-11(2)7-6-8-12(3)9-10-13(4)14/h5-8H,1-2,9-10H2,3-4H3. The summed E-state index contributed by atoms with van der Waals surface area (Å²) in [4.78, 5) is 10.7. The Morgan fingerprint density at radius 3 is 2.43 bits per heavy atom. The number of ketones is 1. The van der Waals surface area contributed by atoms with E-state index in [1.165, 1.54) is 5.57 Å². The molecule has 0 saturated heterocycles. The maximum Gasteiger partial charge on any atom is 0.130 e. The summed E-state index contributed by atoms with van der Waals surface area (Å²) >= 11 is 0. The predicted molar refractivity (Wildman–Crippen MR) is 62.1 cm³/mol. The molecular weight excluding hydrogens is 172 g/mol. The molecule has 1 nitrogen and oxygen atoms in total. The van der Waals surface area contributed by atoms with Crippen molar-refractivity contribution in [1.82, 2.24) is 0 Å². The van der Waals surface area contributed by atoms with Crippen LogP contribution in [0.3, 0.4) is 0 Å². The SMILES string of the molecule is C=CC(=C)C=CC=C(C)CCC(C)=O. The van der Waals surface area contributed by atoms with E-state index in [1.807, 2.05) is 25.2 Å². The molecule has 0 bridgehead atoms.